The molecule has 1 heterocycles. The van der Waals surface area contributed by atoms with Crippen molar-refractivity contribution in [3.8, 4) is 0 Å². The fourth-order valence-electron chi connectivity index (χ4n) is 1.51. The highest BCUT2D eigenvalue weighted by molar-refractivity contribution is 5.73. The summed E-state index contributed by atoms with van der Waals surface area (Å²) in [6.45, 7) is 7.61. The molecule has 1 N–H and O–H groups in total. The number of carbonyl (C=O) groups is 1. The van der Waals surface area contributed by atoms with Crippen molar-refractivity contribution in [1.82, 2.24) is 15.3 Å². The Kier molecular flexibility index (Phi) is 4.02. The average Bonchev–Trinajstić information content (AvgIpc) is 2.66. The summed E-state index contributed by atoms with van der Waals surface area (Å²) in [5.41, 5.74) is 2.88. The Morgan fingerprint density at radius 1 is 1.31 bits per heavy atom. The standard InChI is InChI=1S/C9H19N3O/c1-3-12(4-2)10-9(13)11-7-5-6-8-11/h3-8H2,1-2H3,(H,10,13). The van der Waals surface area contributed by atoms with Gasteiger partial charge in [-0.2, -0.15) is 0 Å². The van der Waals surface area contributed by atoms with Gasteiger partial charge < -0.3 is 4.90 Å². The molecule has 0 aromatic rings. The average molecular weight is 185 g/mol. The Balaban J connectivity index is 2.30. The third-order valence-electron chi connectivity index (χ3n) is 2.41. The van der Waals surface area contributed by atoms with Gasteiger partial charge in [-0.05, 0) is 12.8 Å². The number of rotatable bonds is 3. The van der Waals surface area contributed by atoms with Gasteiger partial charge >= 0.3 is 6.03 Å². The van der Waals surface area contributed by atoms with Crippen LogP contribution in [0.1, 0.15) is 26.7 Å². The molecule has 0 bridgehead atoms. The summed E-state index contributed by atoms with van der Waals surface area (Å²) in [4.78, 5) is 13.4. The summed E-state index contributed by atoms with van der Waals surface area (Å²) in [7, 11) is 0. The molecular weight excluding hydrogens is 166 g/mol. The zero-order valence-electron chi connectivity index (χ0n) is 8.55. The van der Waals surface area contributed by atoms with Crippen molar-refractivity contribution in [3.05, 3.63) is 0 Å². The zero-order valence-corrected chi connectivity index (χ0v) is 8.55. The molecule has 1 aliphatic rings. The van der Waals surface area contributed by atoms with E-state index in [2.05, 4.69) is 5.43 Å². The molecule has 0 aromatic carbocycles. The number of hydrogen-bond acceptors (Lipinski definition) is 2. The Morgan fingerprint density at radius 2 is 1.85 bits per heavy atom. The number of amides is 2. The lowest BCUT2D eigenvalue weighted by Crippen LogP contribution is -2.48. The summed E-state index contributed by atoms with van der Waals surface area (Å²) in [5, 5.41) is 1.92. The van der Waals surface area contributed by atoms with E-state index in [0.717, 1.165) is 39.0 Å². The molecule has 0 radical (unpaired) electrons. The maximum atomic E-state index is 11.5. The van der Waals surface area contributed by atoms with Gasteiger partial charge in [-0.15, -0.1) is 0 Å². The summed E-state index contributed by atoms with van der Waals surface area (Å²) >= 11 is 0. The van der Waals surface area contributed by atoms with E-state index in [1.165, 1.54) is 0 Å². The van der Waals surface area contributed by atoms with Gasteiger partial charge in [0.15, 0.2) is 0 Å². The topological polar surface area (TPSA) is 35.6 Å². The van der Waals surface area contributed by atoms with Crippen LogP contribution in [0.5, 0.6) is 0 Å². The predicted octanol–water partition coefficient (Wildman–Crippen LogP) is 1.05. The quantitative estimate of drug-likeness (QED) is 0.667. The number of nitrogens with zero attached hydrogens (tertiary/aromatic N) is 2. The summed E-state index contributed by atoms with van der Waals surface area (Å²) in [5.74, 6) is 0. The van der Waals surface area contributed by atoms with Gasteiger partial charge in [-0.3, -0.25) is 5.43 Å². The zero-order chi connectivity index (χ0) is 9.68. The van der Waals surface area contributed by atoms with Crippen LogP contribution >= 0.6 is 0 Å². The van der Waals surface area contributed by atoms with E-state index in [9.17, 15) is 4.79 Å². The van der Waals surface area contributed by atoms with E-state index in [0.29, 0.717) is 0 Å². The smallest absolute Gasteiger partial charge is 0.324 e. The van der Waals surface area contributed by atoms with E-state index in [-0.39, 0.29) is 6.03 Å². The van der Waals surface area contributed by atoms with Gasteiger partial charge in [0, 0.05) is 26.2 Å². The molecule has 0 aromatic heterocycles. The molecule has 0 saturated carbocycles. The number of urea groups is 1. The summed E-state index contributed by atoms with van der Waals surface area (Å²) < 4.78 is 0. The SMILES string of the molecule is CCN(CC)NC(=O)N1CCCC1. The van der Waals surface area contributed by atoms with Gasteiger partial charge in [0.2, 0.25) is 0 Å². The third-order valence-corrected chi connectivity index (χ3v) is 2.41. The molecule has 0 atom stereocenters. The van der Waals surface area contributed by atoms with Crippen molar-refractivity contribution in [2.24, 2.45) is 0 Å². The fraction of sp³-hybridized carbons (Fsp3) is 0.889. The number of hydrazine groups is 1. The number of hydrogen-bond donors (Lipinski definition) is 1. The first kappa shape index (κ1) is 10.3. The first-order chi connectivity index (χ1) is 6.27. The van der Waals surface area contributed by atoms with Gasteiger partial charge in [-0.1, -0.05) is 13.8 Å². The number of nitrogens with one attached hydrogen (secondary N) is 1. The highest BCUT2D eigenvalue weighted by atomic mass is 16.2. The van der Waals surface area contributed by atoms with Gasteiger partial charge in [-0.25, -0.2) is 9.80 Å². The summed E-state index contributed by atoms with van der Waals surface area (Å²) in [6, 6.07) is 0.0567. The lowest BCUT2D eigenvalue weighted by molar-refractivity contribution is 0.160. The van der Waals surface area contributed by atoms with Crippen molar-refractivity contribution >= 4 is 6.03 Å². The van der Waals surface area contributed by atoms with Crippen LogP contribution in [-0.2, 0) is 0 Å². The second-order valence-electron chi connectivity index (χ2n) is 3.28. The molecule has 1 rings (SSSR count). The number of likely N-dealkylation sites (tertiary alicyclic amines) is 1. The van der Waals surface area contributed by atoms with E-state index < -0.39 is 0 Å². The maximum Gasteiger partial charge on any atom is 0.331 e. The van der Waals surface area contributed by atoms with E-state index in [4.69, 9.17) is 0 Å². The second kappa shape index (κ2) is 5.07. The van der Waals surface area contributed by atoms with Crippen LogP contribution in [0.4, 0.5) is 4.79 Å². The Morgan fingerprint density at radius 3 is 2.31 bits per heavy atom. The Labute approximate surface area is 79.9 Å². The van der Waals surface area contributed by atoms with Crippen LogP contribution in [-0.4, -0.2) is 42.1 Å². The minimum Gasteiger partial charge on any atom is -0.324 e. The van der Waals surface area contributed by atoms with Crippen LogP contribution in [0.2, 0.25) is 0 Å². The minimum atomic E-state index is 0.0567. The molecule has 13 heavy (non-hydrogen) atoms. The molecule has 4 nitrogen and oxygen atoms in total. The van der Waals surface area contributed by atoms with Crippen molar-refractivity contribution in [1.29, 1.82) is 0 Å². The molecule has 2 amide bonds. The minimum absolute atomic E-state index is 0.0567. The lowest BCUT2D eigenvalue weighted by Gasteiger charge is -2.23. The molecule has 0 spiro atoms. The first-order valence-corrected chi connectivity index (χ1v) is 5.08. The molecule has 1 aliphatic heterocycles. The maximum absolute atomic E-state index is 11.5. The Hall–Kier alpha value is -0.770. The van der Waals surface area contributed by atoms with Crippen molar-refractivity contribution in [2.75, 3.05) is 26.2 Å². The third kappa shape index (κ3) is 2.88. The van der Waals surface area contributed by atoms with Gasteiger partial charge in [0.05, 0.1) is 0 Å². The van der Waals surface area contributed by atoms with Gasteiger partial charge in [0.25, 0.3) is 0 Å². The van der Waals surface area contributed by atoms with Crippen LogP contribution in [0.3, 0.4) is 0 Å². The lowest BCUT2D eigenvalue weighted by atomic mass is 10.4. The Bertz CT molecular complexity index is 162. The predicted molar refractivity (Wildman–Crippen MR) is 52.3 cm³/mol. The molecular formula is C9H19N3O. The van der Waals surface area contributed by atoms with Crippen LogP contribution < -0.4 is 5.43 Å². The highest BCUT2D eigenvalue weighted by Crippen LogP contribution is 2.06. The fourth-order valence-corrected chi connectivity index (χ4v) is 1.51. The molecule has 76 valence electrons. The van der Waals surface area contributed by atoms with E-state index in [1.54, 1.807) is 0 Å². The molecule has 4 heteroatoms. The highest BCUT2D eigenvalue weighted by Gasteiger charge is 2.18. The number of carbonyl (C=O) groups excluding carboxylic acids is 1. The van der Waals surface area contributed by atoms with Crippen LogP contribution in [0.25, 0.3) is 0 Å². The van der Waals surface area contributed by atoms with Crippen LogP contribution in [0, 0.1) is 0 Å². The van der Waals surface area contributed by atoms with Crippen LogP contribution in [0.15, 0.2) is 0 Å². The molecule has 0 aliphatic carbocycles. The molecule has 0 unspecified atom stereocenters. The second-order valence-corrected chi connectivity index (χ2v) is 3.28. The van der Waals surface area contributed by atoms with E-state index in [1.807, 2.05) is 23.8 Å². The van der Waals surface area contributed by atoms with Crippen molar-refractivity contribution in [2.45, 2.75) is 26.7 Å². The van der Waals surface area contributed by atoms with Crippen molar-refractivity contribution < 1.29 is 4.79 Å². The molecule has 1 saturated heterocycles. The largest absolute Gasteiger partial charge is 0.331 e. The van der Waals surface area contributed by atoms with Crippen molar-refractivity contribution in [3.63, 3.8) is 0 Å². The first-order valence-electron chi connectivity index (χ1n) is 5.08. The summed E-state index contributed by atoms with van der Waals surface area (Å²) in [6.07, 6.45) is 2.29. The van der Waals surface area contributed by atoms with E-state index >= 15 is 0 Å². The van der Waals surface area contributed by atoms with Gasteiger partial charge in [0.1, 0.15) is 0 Å². The molecule has 1 fully saturated rings. The normalized spacial score (nSPS) is 16.7. The monoisotopic (exact) mass is 185 g/mol.